The Balaban J connectivity index is 1.17. The molecule has 0 radical (unpaired) electrons. The van der Waals surface area contributed by atoms with E-state index in [4.69, 9.17) is 9.97 Å². The van der Waals surface area contributed by atoms with Crippen molar-refractivity contribution in [2.45, 2.75) is 56.4 Å². The first kappa shape index (κ1) is 21.7. The second-order valence-corrected chi connectivity index (χ2v) is 11.3. The number of H-pyrrole nitrogens is 1. The Morgan fingerprint density at radius 3 is 2.58 bits per heavy atom. The first-order valence-electron chi connectivity index (χ1n) is 12.9. The average Bonchev–Trinajstić information content (AvgIpc) is 3.52. The number of nitrogens with two attached hydrogens (primary N) is 1. The van der Waals surface area contributed by atoms with Gasteiger partial charge in [0.15, 0.2) is 0 Å². The van der Waals surface area contributed by atoms with Gasteiger partial charge >= 0.3 is 0 Å². The summed E-state index contributed by atoms with van der Waals surface area (Å²) < 4.78 is 0. The van der Waals surface area contributed by atoms with E-state index in [9.17, 15) is 0 Å². The lowest BCUT2D eigenvalue weighted by molar-refractivity contribution is -0.663. The predicted octanol–water partition coefficient (Wildman–Crippen LogP) is 3.40. The molecule has 2 saturated heterocycles. The van der Waals surface area contributed by atoms with E-state index in [-0.39, 0.29) is 0 Å². The molecule has 1 aliphatic carbocycles. The molecule has 7 heteroatoms. The molecule has 0 bridgehead atoms. The Hall–Kier alpha value is -1.80. The van der Waals surface area contributed by atoms with Crippen LogP contribution in [-0.2, 0) is 0 Å². The number of pyridine rings is 1. The van der Waals surface area contributed by atoms with Crippen LogP contribution in [0.5, 0.6) is 0 Å². The lowest BCUT2D eigenvalue weighted by atomic mass is 9.81. The summed E-state index contributed by atoms with van der Waals surface area (Å²) in [4.78, 5) is 18.5. The summed E-state index contributed by atoms with van der Waals surface area (Å²) in [5.41, 5.74) is 4.74. The molecule has 176 valence electrons. The number of piperazine rings is 1. The van der Waals surface area contributed by atoms with Gasteiger partial charge in [0.25, 0.3) is 0 Å². The van der Waals surface area contributed by atoms with Crippen LogP contribution < -0.4 is 5.32 Å². The van der Waals surface area contributed by atoms with Gasteiger partial charge in [-0.2, -0.15) is 0 Å². The van der Waals surface area contributed by atoms with Crippen LogP contribution in [0.25, 0.3) is 22.3 Å². The Labute approximate surface area is 200 Å². The van der Waals surface area contributed by atoms with E-state index in [1.807, 2.05) is 11.3 Å². The zero-order chi connectivity index (χ0) is 22.2. The number of quaternary nitrogens is 1. The SMILES string of the molecule is CN1CCN(C2CCC(c3cnc4[nH]cc(-c5csc(C6CC[NH2+]CC6)n5)c4c3)CC2)CC1. The van der Waals surface area contributed by atoms with Crippen molar-refractivity contribution < 1.29 is 5.32 Å². The third-order valence-electron chi connectivity index (χ3n) is 8.36. The van der Waals surface area contributed by atoms with Crippen molar-refractivity contribution in [2.24, 2.45) is 0 Å². The van der Waals surface area contributed by atoms with Crippen LogP contribution in [0.3, 0.4) is 0 Å². The third kappa shape index (κ3) is 4.48. The minimum atomic E-state index is 0.637. The lowest BCUT2D eigenvalue weighted by Gasteiger charge is -2.41. The van der Waals surface area contributed by atoms with Crippen LogP contribution in [0, 0.1) is 0 Å². The van der Waals surface area contributed by atoms with Crippen molar-refractivity contribution in [1.29, 1.82) is 0 Å². The number of piperidine rings is 1. The number of rotatable bonds is 4. The molecular formula is C26H37N6S+. The standard InChI is InChI=1S/C26H36N6S/c1-31-10-12-32(13-11-31)21-4-2-18(3-5-21)20-14-22-23(16-29-25(22)28-15-20)24-17-33-26(30-24)19-6-8-27-9-7-19/h14-19,21,27H,2-13H2,1H3,(H,28,29)/p+1. The molecule has 6 nitrogen and oxygen atoms in total. The van der Waals surface area contributed by atoms with Gasteiger partial charge in [-0.1, -0.05) is 0 Å². The van der Waals surface area contributed by atoms with E-state index < -0.39 is 0 Å². The van der Waals surface area contributed by atoms with Crippen molar-refractivity contribution in [3.05, 3.63) is 34.4 Å². The van der Waals surface area contributed by atoms with Gasteiger partial charge in [0.1, 0.15) is 5.65 Å². The third-order valence-corrected chi connectivity index (χ3v) is 9.37. The number of thiazole rings is 1. The molecular weight excluding hydrogens is 428 g/mol. The lowest BCUT2D eigenvalue weighted by Crippen LogP contribution is -2.86. The summed E-state index contributed by atoms with van der Waals surface area (Å²) in [6, 6.07) is 3.18. The van der Waals surface area contributed by atoms with Crippen molar-refractivity contribution in [3.8, 4) is 11.3 Å². The Bertz CT molecular complexity index is 1070. The van der Waals surface area contributed by atoms with Gasteiger partial charge in [-0.15, -0.1) is 11.3 Å². The Kier molecular flexibility index (Phi) is 6.22. The second-order valence-electron chi connectivity index (χ2n) is 10.4. The first-order chi connectivity index (χ1) is 16.2. The number of aromatic amines is 1. The fourth-order valence-electron chi connectivity index (χ4n) is 6.19. The quantitative estimate of drug-likeness (QED) is 0.620. The van der Waals surface area contributed by atoms with Gasteiger partial charge in [-0.05, 0) is 50.3 Å². The van der Waals surface area contributed by atoms with Crippen LogP contribution in [-0.4, -0.2) is 77.1 Å². The molecule has 1 saturated carbocycles. The molecule has 3 aromatic heterocycles. The molecule has 0 unspecified atom stereocenters. The Morgan fingerprint density at radius 2 is 1.79 bits per heavy atom. The second kappa shape index (κ2) is 9.45. The average molecular weight is 466 g/mol. The molecule has 0 atom stereocenters. The number of nitrogens with one attached hydrogen (secondary N) is 1. The molecule has 3 aliphatic rings. The summed E-state index contributed by atoms with van der Waals surface area (Å²) in [5, 5.41) is 7.24. The van der Waals surface area contributed by atoms with E-state index in [1.165, 1.54) is 99.3 Å². The molecule has 33 heavy (non-hydrogen) atoms. The van der Waals surface area contributed by atoms with Crippen molar-refractivity contribution in [1.82, 2.24) is 24.8 Å². The molecule has 3 N–H and O–H groups in total. The smallest absolute Gasteiger partial charge is 0.137 e. The molecule has 3 aromatic rings. The number of hydrogen-bond donors (Lipinski definition) is 2. The summed E-state index contributed by atoms with van der Waals surface area (Å²) >= 11 is 1.84. The fraction of sp³-hybridized carbons (Fsp3) is 0.615. The topological polar surface area (TPSA) is 64.7 Å². The highest BCUT2D eigenvalue weighted by atomic mass is 32.1. The predicted molar refractivity (Wildman–Crippen MR) is 135 cm³/mol. The summed E-state index contributed by atoms with van der Waals surface area (Å²) in [6.07, 6.45) is 11.9. The van der Waals surface area contributed by atoms with Crippen molar-refractivity contribution in [2.75, 3.05) is 46.3 Å². The van der Waals surface area contributed by atoms with Gasteiger partial charge in [0, 0.05) is 79.7 Å². The van der Waals surface area contributed by atoms with Gasteiger partial charge in [-0.3, -0.25) is 4.90 Å². The number of likely N-dealkylation sites (N-methyl/N-ethyl adjacent to an activating group) is 1. The van der Waals surface area contributed by atoms with E-state index in [0.717, 1.165) is 17.4 Å². The summed E-state index contributed by atoms with van der Waals surface area (Å²) in [6.45, 7) is 7.37. The zero-order valence-electron chi connectivity index (χ0n) is 19.8. The number of nitrogens with zero attached hydrogens (tertiary/aromatic N) is 4. The minimum absolute atomic E-state index is 0.637. The monoisotopic (exact) mass is 465 g/mol. The Morgan fingerprint density at radius 1 is 1.00 bits per heavy atom. The fourth-order valence-corrected chi connectivity index (χ4v) is 7.18. The molecule has 0 amide bonds. The summed E-state index contributed by atoms with van der Waals surface area (Å²) in [5.74, 6) is 1.28. The number of hydrogen-bond acceptors (Lipinski definition) is 5. The highest BCUT2D eigenvalue weighted by Gasteiger charge is 2.29. The largest absolute Gasteiger partial charge is 0.346 e. The van der Waals surface area contributed by atoms with Crippen LogP contribution in [0.2, 0.25) is 0 Å². The molecule has 0 spiro atoms. The molecule has 6 rings (SSSR count). The van der Waals surface area contributed by atoms with Gasteiger partial charge < -0.3 is 15.2 Å². The van der Waals surface area contributed by atoms with Crippen LogP contribution >= 0.6 is 11.3 Å². The molecule has 2 aliphatic heterocycles. The van der Waals surface area contributed by atoms with E-state index in [2.05, 4.69) is 51.0 Å². The van der Waals surface area contributed by atoms with Crippen LogP contribution in [0.4, 0.5) is 0 Å². The normalized spacial score (nSPS) is 26.2. The van der Waals surface area contributed by atoms with E-state index in [0.29, 0.717) is 11.8 Å². The van der Waals surface area contributed by atoms with Crippen LogP contribution in [0.1, 0.15) is 60.9 Å². The molecule has 0 aromatic carbocycles. The molecule has 3 fully saturated rings. The van der Waals surface area contributed by atoms with Crippen LogP contribution in [0.15, 0.2) is 23.8 Å². The zero-order valence-corrected chi connectivity index (χ0v) is 20.6. The summed E-state index contributed by atoms with van der Waals surface area (Å²) in [7, 11) is 2.24. The minimum Gasteiger partial charge on any atom is -0.346 e. The maximum atomic E-state index is 5.08. The first-order valence-corrected chi connectivity index (χ1v) is 13.8. The number of aromatic nitrogens is 3. The van der Waals surface area contributed by atoms with E-state index in [1.54, 1.807) is 0 Å². The maximum Gasteiger partial charge on any atom is 0.137 e. The number of fused-ring (bicyclic) bond motifs is 1. The van der Waals surface area contributed by atoms with Gasteiger partial charge in [0.2, 0.25) is 0 Å². The maximum absolute atomic E-state index is 5.08. The van der Waals surface area contributed by atoms with E-state index >= 15 is 0 Å². The highest BCUT2D eigenvalue weighted by molar-refractivity contribution is 7.10. The highest BCUT2D eigenvalue weighted by Crippen LogP contribution is 2.38. The van der Waals surface area contributed by atoms with Gasteiger partial charge in [0.05, 0.1) is 23.8 Å². The molecule has 5 heterocycles. The van der Waals surface area contributed by atoms with Crippen molar-refractivity contribution in [3.63, 3.8) is 0 Å². The van der Waals surface area contributed by atoms with Gasteiger partial charge in [-0.25, -0.2) is 9.97 Å². The van der Waals surface area contributed by atoms with Crippen molar-refractivity contribution >= 4 is 22.4 Å².